The van der Waals surface area contributed by atoms with Gasteiger partial charge in [0.15, 0.2) is 15.8 Å². The molecule has 5 nitrogen and oxygen atoms in total. The van der Waals surface area contributed by atoms with Crippen LogP contribution in [-0.2, 0) is 28.6 Å². The Hall–Kier alpha value is -2.41. The lowest BCUT2D eigenvalue weighted by Crippen LogP contribution is -2.40. The van der Waals surface area contributed by atoms with Crippen LogP contribution in [0.15, 0.2) is 53.5 Å². The summed E-state index contributed by atoms with van der Waals surface area (Å²) in [6.07, 6.45) is 4.55. The van der Waals surface area contributed by atoms with Gasteiger partial charge in [-0.3, -0.25) is 4.99 Å². The van der Waals surface area contributed by atoms with Crippen LogP contribution in [0.3, 0.4) is 0 Å². The molecule has 0 spiro atoms. The molecule has 0 atom stereocenters. The van der Waals surface area contributed by atoms with Gasteiger partial charge in [-0.05, 0) is 53.5 Å². The zero-order valence-electron chi connectivity index (χ0n) is 16.9. The monoisotopic (exact) mass is 417 g/mol. The summed E-state index contributed by atoms with van der Waals surface area (Å²) in [6, 6.07) is 14.6. The molecule has 3 rings (SSSR count). The van der Waals surface area contributed by atoms with Crippen LogP contribution in [0, 0.1) is 11.2 Å². The number of halogens is 1. The fourth-order valence-corrected chi connectivity index (χ4v) is 4.32. The Labute approximate surface area is 172 Å². The maximum Gasteiger partial charge on any atom is 0.191 e. The van der Waals surface area contributed by atoms with E-state index in [1.165, 1.54) is 42.9 Å². The fourth-order valence-electron chi connectivity index (χ4n) is 3.47. The Bertz CT molecular complexity index is 971. The molecule has 0 bridgehead atoms. The van der Waals surface area contributed by atoms with Crippen molar-refractivity contribution in [3.05, 3.63) is 71.0 Å². The van der Waals surface area contributed by atoms with Crippen LogP contribution in [0.25, 0.3) is 0 Å². The van der Waals surface area contributed by atoms with Gasteiger partial charge >= 0.3 is 0 Å². The highest BCUT2D eigenvalue weighted by atomic mass is 32.2. The van der Waals surface area contributed by atoms with Gasteiger partial charge in [0.25, 0.3) is 0 Å². The van der Waals surface area contributed by atoms with E-state index < -0.39 is 9.84 Å². The van der Waals surface area contributed by atoms with E-state index in [4.69, 9.17) is 0 Å². The number of hydrogen-bond acceptors (Lipinski definition) is 3. The van der Waals surface area contributed by atoms with E-state index in [2.05, 4.69) is 39.9 Å². The molecule has 0 amide bonds. The summed E-state index contributed by atoms with van der Waals surface area (Å²) in [4.78, 5) is 4.25. The molecule has 1 fully saturated rings. The molecule has 0 aromatic heterocycles. The van der Waals surface area contributed by atoms with E-state index in [1.54, 1.807) is 7.05 Å². The molecular formula is C22H28FN3O2S. The molecule has 2 aromatic carbocycles. The number of rotatable bonds is 8. The summed E-state index contributed by atoms with van der Waals surface area (Å²) in [5.74, 6) is 0.122. The van der Waals surface area contributed by atoms with Gasteiger partial charge in [-0.2, -0.15) is 0 Å². The van der Waals surface area contributed by atoms with Crippen LogP contribution in [0.5, 0.6) is 0 Å². The first-order valence-corrected chi connectivity index (χ1v) is 11.8. The van der Waals surface area contributed by atoms with Crippen molar-refractivity contribution in [2.75, 3.05) is 19.8 Å². The minimum atomic E-state index is -3.20. The Balaban J connectivity index is 1.58. The van der Waals surface area contributed by atoms with Crippen LogP contribution in [-0.4, -0.2) is 34.2 Å². The summed E-state index contributed by atoms with van der Waals surface area (Å²) in [7, 11) is -1.51. The third-order valence-corrected chi connectivity index (χ3v) is 6.10. The van der Waals surface area contributed by atoms with Crippen molar-refractivity contribution < 1.29 is 12.8 Å². The lowest BCUT2D eigenvalue weighted by Gasteiger charge is -2.19. The van der Waals surface area contributed by atoms with E-state index in [-0.39, 0.29) is 17.0 Å². The second kappa shape index (κ2) is 8.95. The Morgan fingerprint density at radius 3 is 2.45 bits per heavy atom. The van der Waals surface area contributed by atoms with Crippen LogP contribution in [0.2, 0.25) is 0 Å². The smallest absolute Gasteiger partial charge is 0.191 e. The SMILES string of the molecule is CN=C(NCc1cc(F)ccc1CS(C)(=O)=O)NCC1(Cc2ccccc2)CC1. The van der Waals surface area contributed by atoms with Crippen LogP contribution >= 0.6 is 0 Å². The van der Waals surface area contributed by atoms with Crippen molar-refractivity contribution in [2.45, 2.75) is 31.6 Å². The average Bonchev–Trinajstić information content (AvgIpc) is 3.43. The Morgan fingerprint density at radius 1 is 1.10 bits per heavy atom. The molecular weight excluding hydrogens is 389 g/mol. The van der Waals surface area contributed by atoms with Gasteiger partial charge in [-0.15, -0.1) is 0 Å². The predicted octanol–water partition coefficient (Wildman–Crippen LogP) is 3.06. The van der Waals surface area contributed by atoms with Gasteiger partial charge in [0.1, 0.15) is 5.82 Å². The molecule has 1 aliphatic carbocycles. The number of benzene rings is 2. The zero-order valence-corrected chi connectivity index (χ0v) is 17.7. The highest BCUT2D eigenvalue weighted by molar-refractivity contribution is 7.89. The molecule has 1 aliphatic rings. The largest absolute Gasteiger partial charge is 0.356 e. The zero-order chi connectivity index (χ0) is 20.9. The highest BCUT2D eigenvalue weighted by Crippen LogP contribution is 2.47. The third-order valence-electron chi connectivity index (χ3n) is 5.27. The van der Waals surface area contributed by atoms with Gasteiger partial charge in [0.2, 0.25) is 0 Å². The maximum absolute atomic E-state index is 13.7. The molecule has 0 saturated heterocycles. The Morgan fingerprint density at radius 2 is 1.83 bits per heavy atom. The molecule has 1 saturated carbocycles. The molecule has 0 radical (unpaired) electrons. The van der Waals surface area contributed by atoms with E-state index >= 15 is 0 Å². The maximum atomic E-state index is 13.7. The molecule has 2 aromatic rings. The second-order valence-electron chi connectivity index (χ2n) is 7.92. The van der Waals surface area contributed by atoms with Crippen LogP contribution in [0.1, 0.15) is 29.5 Å². The summed E-state index contributed by atoms with van der Waals surface area (Å²) in [5.41, 5.74) is 2.79. The van der Waals surface area contributed by atoms with Gasteiger partial charge in [-0.1, -0.05) is 36.4 Å². The quantitative estimate of drug-likeness (QED) is 0.512. The van der Waals surface area contributed by atoms with Crippen molar-refractivity contribution in [1.82, 2.24) is 10.6 Å². The van der Waals surface area contributed by atoms with Gasteiger partial charge in [0.05, 0.1) is 5.75 Å². The molecule has 0 aliphatic heterocycles. The van der Waals surface area contributed by atoms with Gasteiger partial charge < -0.3 is 10.6 Å². The predicted molar refractivity (Wildman–Crippen MR) is 115 cm³/mol. The first kappa shape index (κ1) is 21.3. The number of hydrogen-bond donors (Lipinski definition) is 2. The molecule has 7 heteroatoms. The number of nitrogens with one attached hydrogen (secondary N) is 2. The van der Waals surface area contributed by atoms with E-state index in [9.17, 15) is 12.8 Å². The highest BCUT2D eigenvalue weighted by Gasteiger charge is 2.42. The van der Waals surface area contributed by atoms with Crippen molar-refractivity contribution in [1.29, 1.82) is 0 Å². The first-order chi connectivity index (χ1) is 13.8. The number of sulfone groups is 1. The van der Waals surface area contributed by atoms with Gasteiger partial charge in [-0.25, -0.2) is 12.8 Å². The fraction of sp³-hybridized carbons (Fsp3) is 0.409. The molecule has 156 valence electrons. The summed E-state index contributed by atoms with van der Waals surface area (Å²) in [5, 5.41) is 6.55. The van der Waals surface area contributed by atoms with E-state index in [0.29, 0.717) is 23.6 Å². The van der Waals surface area contributed by atoms with Crippen LogP contribution < -0.4 is 10.6 Å². The standard InChI is InChI=1S/C22H28FN3O2S/c1-24-21(26-16-22(10-11-22)13-17-6-4-3-5-7-17)25-14-19-12-20(23)9-8-18(19)15-29(2,27)28/h3-9,12H,10-11,13-16H2,1-2H3,(H2,24,25,26). The average molecular weight is 418 g/mol. The number of aliphatic imine (C=N–C) groups is 1. The lowest BCUT2D eigenvalue weighted by atomic mass is 9.96. The summed E-state index contributed by atoms with van der Waals surface area (Å²) < 4.78 is 37.0. The van der Waals surface area contributed by atoms with E-state index in [0.717, 1.165) is 13.0 Å². The minimum absolute atomic E-state index is 0.115. The van der Waals surface area contributed by atoms with Crippen molar-refractivity contribution in [3.63, 3.8) is 0 Å². The third kappa shape index (κ3) is 6.56. The van der Waals surface area contributed by atoms with Gasteiger partial charge in [0, 0.05) is 26.4 Å². The van der Waals surface area contributed by atoms with E-state index in [1.807, 2.05) is 6.07 Å². The van der Waals surface area contributed by atoms with Crippen molar-refractivity contribution in [3.8, 4) is 0 Å². The van der Waals surface area contributed by atoms with Crippen molar-refractivity contribution in [2.24, 2.45) is 10.4 Å². The Kier molecular flexibility index (Phi) is 6.57. The topological polar surface area (TPSA) is 70.6 Å². The number of guanidine groups is 1. The van der Waals surface area contributed by atoms with Crippen molar-refractivity contribution >= 4 is 15.8 Å². The molecule has 0 heterocycles. The summed E-state index contributed by atoms with van der Waals surface area (Å²) >= 11 is 0. The molecule has 29 heavy (non-hydrogen) atoms. The molecule has 0 unspecified atom stereocenters. The molecule has 2 N–H and O–H groups in total. The normalized spacial score (nSPS) is 15.8. The first-order valence-electron chi connectivity index (χ1n) is 9.72. The summed E-state index contributed by atoms with van der Waals surface area (Å²) in [6.45, 7) is 1.11. The minimum Gasteiger partial charge on any atom is -0.356 e. The second-order valence-corrected chi connectivity index (χ2v) is 10.1. The number of nitrogens with zero attached hydrogens (tertiary/aromatic N) is 1. The van der Waals surface area contributed by atoms with Crippen LogP contribution in [0.4, 0.5) is 4.39 Å². The lowest BCUT2D eigenvalue weighted by molar-refractivity contribution is 0.492.